The zero-order valence-electron chi connectivity index (χ0n) is 10.8. The second-order valence-electron chi connectivity index (χ2n) is 4.40. The Balaban J connectivity index is 2.22. The van der Waals surface area contributed by atoms with Crippen LogP contribution in [0.3, 0.4) is 0 Å². The molecule has 1 heterocycles. The van der Waals surface area contributed by atoms with Crippen molar-refractivity contribution >= 4 is 5.69 Å². The lowest BCUT2D eigenvalue weighted by atomic mass is 10.3. The van der Waals surface area contributed by atoms with Gasteiger partial charge in [0.1, 0.15) is 12.2 Å². The maximum absolute atomic E-state index is 10.6. The van der Waals surface area contributed by atoms with Crippen molar-refractivity contribution < 1.29 is 4.92 Å². The third kappa shape index (κ3) is 3.14. The van der Waals surface area contributed by atoms with Crippen LogP contribution < -0.4 is 5.32 Å². The number of non-ortho nitro benzene ring substituents is 1. The third-order valence-electron chi connectivity index (χ3n) is 2.59. The maximum atomic E-state index is 10.6. The van der Waals surface area contributed by atoms with E-state index in [0.717, 1.165) is 11.5 Å². The van der Waals surface area contributed by atoms with Crippen molar-refractivity contribution in [3.63, 3.8) is 0 Å². The molecule has 0 atom stereocenters. The molecule has 1 N–H and O–H groups in total. The van der Waals surface area contributed by atoms with Crippen molar-refractivity contribution in [1.29, 1.82) is 0 Å². The van der Waals surface area contributed by atoms with Crippen molar-refractivity contribution in [2.45, 2.75) is 26.4 Å². The van der Waals surface area contributed by atoms with Gasteiger partial charge >= 0.3 is 0 Å². The van der Waals surface area contributed by atoms with Gasteiger partial charge in [0.25, 0.3) is 5.69 Å². The van der Waals surface area contributed by atoms with Gasteiger partial charge in [-0.15, -0.1) is 0 Å². The van der Waals surface area contributed by atoms with E-state index in [-0.39, 0.29) is 5.69 Å². The van der Waals surface area contributed by atoms with Gasteiger partial charge in [-0.2, -0.15) is 5.10 Å². The minimum Gasteiger partial charge on any atom is -0.308 e. The van der Waals surface area contributed by atoms with Crippen LogP contribution in [0, 0.1) is 10.1 Å². The van der Waals surface area contributed by atoms with Crippen molar-refractivity contribution in [1.82, 2.24) is 20.1 Å². The molecule has 0 bridgehead atoms. The van der Waals surface area contributed by atoms with Crippen LogP contribution in [0.15, 0.2) is 30.6 Å². The molecule has 0 amide bonds. The summed E-state index contributed by atoms with van der Waals surface area (Å²) in [6.45, 7) is 4.69. The van der Waals surface area contributed by atoms with E-state index >= 15 is 0 Å². The third-order valence-corrected chi connectivity index (χ3v) is 2.59. The molecule has 0 aliphatic carbocycles. The molecule has 1 aromatic heterocycles. The molecule has 0 saturated heterocycles. The number of hydrogen-bond donors (Lipinski definition) is 1. The molecule has 7 nitrogen and oxygen atoms in total. The fourth-order valence-electron chi connectivity index (χ4n) is 1.61. The van der Waals surface area contributed by atoms with Crippen molar-refractivity contribution in [3.05, 3.63) is 46.5 Å². The number of rotatable bonds is 5. The van der Waals surface area contributed by atoms with E-state index in [0.29, 0.717) is 12.6 Å². The van der Waals surface area contributed by atoms with Gasteiger partial charge in [-0.1, -0.05) is 13.8 Å². The number of hydrogen-bond acceptors (Lipinski definition) is 5. The lowest BCUT2D eigenvalue weighted by molar-refractivity contribution is -0.384. The average Bonchev–Trinajstić information content (AvgIpc) is 2.84. The van der Waals surface area contributed by atoms with Crippen molar-refractivity contribution in [2.24, 2.45) is 0 Å². The van der Waals surface area contributed by atoms with Crippen LogP contribution in [0.4, 0.5) is 5.69 Å². The zero-order valence-corrected chi connectivity index (χ0v) is 10.8. The van der Waals surface area contributed by atoms with Gasteiger partial charge in [0.15, 0.2) is 0 Å². The maximum Gasteiger partial charge on any atom is 0.269 e. The van der Waals surface area contributed by atoms with E-state index in [1.165, 1.54) is 18.5 Å². The molecule has 0 radical (unpaired) electrons. The molecule has 19 heavy (non-hydrogen) atoms. The Morgan fingerprint density at radius 2 is 2.05 bits per heavy atom. The summed E-state index contributed by atoms with van der Waals surface area (Å²) in [7, 11) is 0. The average molecular weight is 261 g/mol. The fraction of sp³-hybridized carbons (Fsp3) is 0.333. The molecular formula is C12H15N5O2. The summed E-state index contributed by atoms with van der Waals surface area (Å²) in [5.74, 6) is 0.766. The number of nitro groups is 1. The van der Waals surface area contributed by atoms with Gasteiger partial charge < -0.3 is 5.32 Å². The van der Waals surface area contributed by atoms with E-state index in [2.05, 4.69) is 15.4 Å². The summed E-state index contributed by atoms with van der Waals surface area (Å²) >= 11 is 0. The van der Waals surface area contributed by atoms with E-state index in [1.54, 1.807) is 16.8 Å². The Morgan fingerprint density at radius 1 is 1.37 bits per heavy atom. The highest BCUT2D eigenvalue weighted by molar-refractivity contribution is 5.40. The number of aromatic nitrogens is 3. The Morgan fingerprint density at radius 3 is 2.63 bits per heavy atom. The monoisotopic (exact) mass is 261 g/mol. The predicted molar refractivity (Wildman–Crippen MR) is 70.0 cm³/mol. The summed E-state index contributed by atoms with van der Waals surface area (Å²) < 4.78 is 1.67. The Labute approximate surface area is 110 Å². The highest BCUT2D eigenvalue weighted by Gasteiger charge is 2.09. The van der Waals surface area contributed by atoms with Gasteiger partial charge in [0, 0.05) is 18.2 Å². The first-order chi connectivity index (χ1) is 9.08. The van der Waals surface area contributed by atoms with Gasteiger partial charge in [-0.25, -0.2) is 9.67 Å². The Kier molecular flexibility index (Phi) is 3.86. The van der Waals surface area contributed by atoms with Crippen LogP contribution in [0.1, 0.15) is 19.7 Å². The zero-order chi connectivity index (χ0) is 13.8. The van der Waals surface area contributed by atoms with Gasteiger partial charge in [0.05, 0.1) is 17.2 Å². The molecular weight excluding hydrogens is 246 g/mol. The number of benzene rings is 1. The second-order valence-corrected chi connectivity index (χ2v) is 4.40. The minimum atomic E-state index is -0.424. The van der Waals surface area contributed by atoms with Crippen LogP contribution in [-0.4, -0.2) is 25.7 Å². The first-order valence-electron chi connectivity index (χ1n) is 5.95. The van der Waals surface area contributed by atoms with Gasteiger partial charge in [-0.05, 0) is 12.1 Å². The molecule has 2 aromatic rings. The molecule has 0 fully saturated rings. The molecule has 0 aliphatic heterocycles. The van der Waals surface area contributed by atoms with Crippen LogP contribution in [0.25, 0.3) is 5.69 Å². The van der Waals surface area contributed by atoms with E-state index < -0.39 is 4.92 Å². The predicted octanol–water partition coefficient (Wildman–Crippen LogP) is 1.67. The van der Waals surface area contributed by atoms with E-state index in [4.69, 9.17) is 0 Å². The summed E-state index contributed by atoms with van der Waals surface area (Å²) in [5, 5.41) is 18.0. The topological polar surface area (TPSA) is 85.9 Å². The van der Waals surface area contributed by atoms with Crippen LogP contribution in [0.2, 0.25) is 0 Å². The smallest absolute Gasteiger partial charge is 0.269 e. The first kappa shape index (κ1) is 13.2. The minimum absolute atomic E-state index is 0.0609. The van der Waals surface area contributed by atoms with Gasteiger partial charge in [0.2, 0.25) is 0 Å². The quantitative estimate of drug-likeness (QED) is 0.653. The van der Waals surface area contributed by atoms with E-state index in [1.807, 2.05) is 13.8 Å². The molecule has 0 unspecified atom stereocenters. The van der Waals surface area contributed by atoms with Crippen molar-refractivity contribution in [3.8, 4) is 5.69 Å². The summed E-state index contributed by atoms with van der Waals surface area (Å²) in [6, 6.07) is 6.58. The fourth-order valence-corrected chi connectivity index (χ4v) is 1.61. The summed E-state index contributed by atoms with van der Waals surface area (Å²) in [6.07, 6.45) is 1.47. The van der Waals surface area contributed by atoms with Crippen LogP contribution >= 0.6 is 0 Å². The summed E-state index contributed by atoms with van der Waals surface area (Å²) in [5.41, 5.74) is 0.814. The molecule has 0 spiro atoms. The SMILES string of the molecule is CC(C)NCc1ncnn1-c1ccc([N+](=O)[O-])cc1. The number of nitro benzene ring substituents is 1. The van der Waals surface area contributed by atoms with E-state index in [9.17, 15) is 10.1 Å². The molecule has 0 saturated carbocycles. The largest absolute Gasteiger partial charge is 0.308 e. The van der Waals surface area contributed by atoms with Crippen LogP contribution in [0.5, 0.6) is 0 Å². The molecule has 0 aliphatic rings. The molecule has 1 aromatic carbocycles. The summed E-state index contributed by atoms with van der Waals surface area (Å²) in [4.78, 5) is 14.4. The highest BCUT2D eigenvalue weighted by Crippen LogP contribution is 2.15. The second kappa shape index (κ2) is 5.57. The Bertz CT molecular complexity index is 562. The highest BCUT2D eigenvalue weighted by atomic mass is 16.6. The normalized spacial score (nSPS) is 10.9. The molecule has 100 valence electrons. The standard InChI is InChI=1S/C12H15N5O2/c1-9(2)13-7-12-14-8-15-16(12)10-3-5-11(6-4-10)17(18)19/h3-6,8-9,13H,7H2,1-2H3. The number of nitrogens with zero attached hydrogens (tertiary/aromatic N) is 4. The first-order valence-corrected chi connectivity index (χ1v) is 5.95. The number of nitrogens with one attached hydrogen (secondary N) is 1. The molecule has 2 rings (SSSR count). The van der Waals surface area contributed by atoms with Crippen molar-refractivity contribution in [2.75, 3.05) is 0 Å². The van der Waals surface area contributed by atoms with Gasteiger partial charge in [-0.3, -0.25) is 10.1 Å². The Hall–Kier alpha value is -2.28. The van der Waals surface area contributed by atoms with Crippen LogP contribution in [-0.2, 0) is 6.54 Å². The lowest BCUT2D eigenvalue weighted by Gasteiger charge is -2.09. The molecule has 7 heteroatoms. The lowest BCUT2D eigenvalue weighted by Crippen LogP contribution is -2.24.